The SMILES string of the molecule is CCCc1cn(-c2cnc(-n3ncc4cc(C#N)c(N)nc43)cc2NC2COC2)nn1. The maximum atomic E-state index is 9.18. The molecule has 4 aromatic rings. The Morgan fingerprint density at radius 3 is 2.94 bits per heavy atom. The van der Waals surface area contributed by atoms with Crippen LogP contribution in [-0.4, -0.2) is 54.0 Å². The Kier molecular flexibility index (Phi) is 4.68. The summed E-state index contributed by atoms with van der Waals surface area (Å²) in [6, 6.07) is 5.80. The van der Waals surface area contributed by atoms with Crippen LogP contribution in [-0.2, 0) is 11.2 Å². The van der Waals surface area contributed by atoms with Crippen LogP contribution in [0.25, 0.3) is 22.5 Å². The predicted molar refractivity (Wildman–Crippen MR) is 113 cm³/mol. The van der Waals surface area contributed by atoms with E-state index < -0.39 is 0 Å². The number of nitrogens with one attached hydrogen (secondary N) is 1. The number of anilines is 2. The van der Waals surface area contributed by atoms with E-state index in [4.69, 9.17) is 10.5 Å². The first-order valence-corrected chi connectivity index (χ1v) is 9.97. The molecular formula is C20H20N10O. The molecule has 1 saturated heterocycles. The van der Waals surface area contributed by atoms with E-state index in [0.29, 0.717) is 35.6 Å². The van der Waals surface area contributed by atoms with E-state index in [0.717, 1.165) is 29.9 Å². The standard InChI is InChI=1S/C20H20N10O/c1-2-3-14-9-29(28-27-14)17-8-23-18(5-16(17)25-15-10-31-11-15)30-20-13(7-24-30)4-12(6-21)19(22)26-20/h4-5,7-9,15H,2-3,10-11H2,1H3,(H2,22,26)(H,23,25). The van der Waals surface area contributed by atoms with E-state index in [-0.39, 0.29) is 11.9 Å². The molecule has 0 aromatic carbocycles. The van der Waals surface area contributed by atoms with Crippen molar-refractivity contribution in [1.29, 1.82) is 5.26 Å². The summed E-state index contributed by atoms with van der Waals surface area (Å²) in [7, 11) is 0. The topological polar surface area (TPSA) is 145 Å². The number of aryl methyl sites for hydroxylation is 1. The lowest BCUT2D eigenvalue weighted by Crippen LogP contribution is -2.40. The Morgan fingerprint density at radius 1 is 1.32 bits per heavy atom. The molecule has 4 aromatic heterocycles. The number of nitrogens with zero attached hydrogens (tertiary/aromatic N) is 8. The number of aromatic nitrogens is 7. The van der Waals surface area contributed by atoms with E-state index >= 15 is 0 Å². The van der Waals surface area contributed by atoms with E-state index in [2.05, 4.69) is 37.6 Å². The third-order valence-corrected chi connectivity index (χ3v) is 5.07. The zero-order valence-electron chi connectivity index (χ0n) is 16.9. The number of nitrogen functional groups attached to an aromatic ring is 1. The van der Waals surface area contributed by atoms with Crippen molar-refractivity contribution in [2.75, 3.05) is 24.3 Å². The van der Waals surface area contributed by atoms with Crippen LogP contribution in [0.3, 0.4) is 0 Å². The van der Waals surface area contributed by atoms with Gasteiger partial charge in [0.05, 0.1) is 54.8 Å². The summed E-state index contributed by atoms with van der Waals surface area (Å²) in [4.78, 5) is 8.93. The molecule has 31 heavy (non-hydrogen) atoms. The molecule has 0 unspecified atom stereocenters. The summed E-state index contributed by atoms with van der Waals surface area (Å²) in [5.41, 5.74) is 9.29. The van der Waals surface area contributed by atoms with E-state index in [9.17, 15) is 5.26 Å². The summed E-state index contributed by atoms with van der Waals surface area (Å²) in [5, 5.41) is 26.3. The molecule has 0 radical (unpaired) electrons. The number of fused-ring (bicyclic) bond motifs is 1. The zero-order chi connectivity index (χ0) is 21.4. The highest BCUT2D eigenvalue weighted by Crippen LogP contribution is 2.26. The van der Waals surface area contributed by atoms with Crippen molar-refractivity contribution in [2.24, 2.45) is 0 Å². The van der Waals surface area contributed by atoms with Crippen LogP contribution in [0.15, 0.2) is 30.7 Å². The fourth-order valence-corrected chi connectivity index (χ4v) is 3.41. The number of rotatable bonds is 6. The van der Waals surface area contributed by atoms with Crippen molar-refractivity contribution < 1.29 is 4.74 Å². The van der Waals surface area contributed by atoms with Gasteiger partial charge in [0.1, 0.15) is 17.6 Å². The van der Waals surface area contributed by atoms with Crippen molar-refractivity contribution in [3.63, 3.8) is 0 Å². The quantitative estimate of drug-likeness (QED) is 0.478. The van der Waals surface area contributed by atoms with Crippen LogP contribution < -0.4 is 11.1 Å². The Labute approximate surface area is 177 Å². The molecule has 0 bridgehead atoms. The first-order chi connectivity index (χ1) is 15.2. The lowest BCUT2D eigenvalue weighted by molar-refractivity contribution is 0.0211. The number of ether oxygens (including phenoxy) is 1. The van der Waals surface area contributed by atoms with Crippen molar-refractivity contribution in [3.8, 4) is 17.6 Å². The third-order valence-electron chi connectivity index (χ3n) is 5.07. The molecule has 0 saturated carbocycles. The van der Waals surface area contributed by atoms with Gasteiger partial charge < -0.3 is 15.8 Å². The number of hydrogen-bond donors (Lipinski definition) is 2. The van der Waals surface area contributed by atoms with E-state index in [1.54, 1.807) is 27.8 Å². The molecule has 11 nitrogen and oxygen atoms in total. The molecule has 0 spiro atoms. The highest BCUT2D eigenvalue weighted by molar-refractivity contribution is 5.80. The molecule has 11 heteroatoms. The Balaban J connectivity index is 1.58. The summed E-state index contributed by atoms with van der Waals surface area (Å²) in [6.07, 6.45) is 7.14. The molecule has 5 heterocycles. The van der Waals surface area contributed by atoms with Gasteiger partial charge in [0.15, 0.2) is 11.5 Å². The molecule has 0 amide bonds. The second kappa shape index (κ2) is 7.66. The zero-order valence-corrected chi connectivity index (χ0v) is 16.9. The molecule has 3 N–H and O–H groups in total. The molecule has 1 aliphatic rings. The normalized spacial score (nSPS) is 13.8. The van der Waals surface area contributed by atoms with Gasteiger partial charge in [-0.2, -0.15) is 15.0 Å². The van der Waals surface area contributed by atoms with Gasteiger partial charge >= 0.3 is 0 Å². The van der Waals surface area contributed by atoms with Gasteiger partial charge in [-0.25, -0.2) is 14.6 Å². The minimum atomic E-state index is 0.157. The van der Waals surface area contributed by atoms with Crippen molar-refractivity contribution in [3.05, 3.63) is 42.0 Å². The smallest absolute Gasteiger partial charge is 0.167 e. The van der Waals surface area contributed by atoms with Crippen LogP contribution in [0.1, 0.15) is 24.6 Å². The maximum Gasteiger partial charge on any atom is 0.167 e. The van der Waals surface area contributed by atoms with Gasteiger partial charge in [-0.1, -0.05) is 18.6 Å². The fraction of sp³-hybridized carbons (Fsp3) is 0.300. The van der Waals surface area contributed by atoms with Crippen LogP contribution in [0.4, 0.5) is 11.5 Å². The van der Waals surface area contributed by atoms with Gasteiger partial charge in [0.2, 0.25) is 0 Å². The lowest BCUT2D eigenvalue weighted by atomic mass is 10.2. The monoisotopic (exact) mass is 416 g/mol. The molecule has 156 valence electrons. The minimum Gasteiger partial charge on any atom is -0.383 e. The van der Waals surface area contributed by atoms with Crippen molar-refractivity contribution in [1.82, 2.24) is 34.7 Å². The second-order valence-corrected chi connectivity index (χ2v) is 7.34. The average Bonchev–Trinajstić information content (AvgIpc) is 3.37. The van der Waals surface area contributed by atoms with Gasteiger partial charge in [-0.3, -0.25) is 0 Å². The summed E-state index contributed by atoms with van der Waals surface area (Å²) in [6.45, 7) is 3.37. The van der Waals surface area contributed by atoms with Gasteiger partial charge in [-0.05, 0) is 12.5 Å². The van der Waals surface area contributed by atoms with Crippen LogP contribution in [0.2, 0.25) is 0 Å². The summed E-state index contributed by atoms with van der Waals surface area (Å²) in [5.74, 6) is 0.719. The minimum absolute atomic E-state index is 0.157. The third kappa shape index (κ3) is 3.43. The van der Waals surface area contributed by atoms with Crippen molar-refractivity contribution in [2.45, 2.75) is 25.8 Å². The first-order valence-electron chi connectivity index (χ1n) is 9.97. The summed E-state index contributed by atoms with van der Waals surface area (Å²) >= 11 is 0. The Morgan fingerprint density at radius 2 is 2.19 bits per heavy atom. The van der Waals surface area contributed by atoms with Gasteiger partial charge in [0, 0.05) is 11.5 Å². The average molecular weight is 416 g/mol. The van der Waals surface area contributed by atoms with Crippen LogP contribution in [0, 0.1) is 11.3 Å². The van der Waals surface area contributed by atoms with E-state index in [1.165, 1.54) is 0 Å². The number of nitriles is 1. The number of pyridine rings is 2. The molecule has 5 rings (SSSR count). The number of nitrogens with two attached hydrogens (primary N) is 1. The summed E-state index contributed by atoms with van der Waals surface area (Å²) < 4.78 is 8.63. The van der Waals surface area contributed by atoms with Crippen molar-refractivity contribution >= 4 is 22.5 Å². The Hall–Kier alpha value is -4.04. The lowest BCUT2D eigenvalue weighted by Gasteiger charge is -2.28. The first kappa shape index (κ1) is 19.0. The predicted octanol–water partition coefficient (Wildman–Crippen LogP) is 1.61. The molecule has 0 atom stereocenters. The van der Waals surface area contributed by atoms with E-state index in [1.807, 2.05) is 18.3 Å². The largest absolute Gasteiger partial charge is 0.383 e. The molecule has 0 aliphatic carbocycles. The molecule has 1 fully saturated rings. The fourth-order valence-electron chi connectivity index (χ4n) is 3.41. The second-order valence-electron chi connectivity index (χ2n) is 7.34. The highest BCUT2D eigenvalue weighted by Gasteiger charge is 2.21. The molecular weight excluding hydrogens is 396 g/mol. The van der Waals surface area contributed by atoms with Crippen LogP contribution in [0.5, 0.6) is 0 Å². The van der Waals surface area contributed by atoms with Gasteiger partial charge in [-0.15, -0.1) is 5.10 Å². The number of hydrogen-bond acceptors (Lipinski definition) is 9. The Bertz CT molecular complexity index is 1300. The van der Waals surface area contributed by atoms with Gasteiger partial charge in [0.25, 0.3) is 0 Å². The highest BCUT2D eigenvalue weighted by atomic mass is 16.5. The van der Waals surface area contributed by atoms with Crippen LogP contribution >= 0.6 is 0 Å². The maximum absolute atomic E-state index is 9.18. The molecule has 1 aliphatic heterocycles.